The highest BCUT2D eigenvalue weighted by molar-refractivity contribution is 6.14. The van der Waals surface area contributed by atoms with Crippen molar-refractivity contribution in [2.45, 2.75) is 32.7 Å². The molecule has 0 spiro atoms. The number of aryl methyl sites for hydroxylation is 1. The summed E-state index contributed by atoms with van der Waals surface area (Å²) in [7, 11) is 1.57. The quantitative estimate of drug-likeness (QED) is 0.232. The maximum Gasteiger partial charge on any atom is 0.352 e. The molecular weight excluding hydrogens is 618 g/mol. The molecular formula is C35H27N5O8. The number of furan rings is 1. The number of Topliss-reactive ketones (excluding diaryl/α,β-unsaturated/α-hetero) is 1. The largest absolute Gasteiger partial charge is 0.507 e. The zero-order chi connectivity index (χ0) is 33.6. The van der Waals surface area contributed by atoms with Crippen LogP contribution in [0.25, 0.3) is 34.1 Å². The fraction of sp³-hybridized carbons (Fsp3) is 0.171. The fourth-order valence-corrected chi connectivity index (χ4v) is 6.59. The summed E-state index contributed by atoms with van der Waals surface area (Å²) in [6, 6.07) is 13.6. The van der Waals surface area contributed by atoms with Gasteiger partial charge in [-0.05, 0) is 69.3 Å². The van der Waals surface area contributed by atoms with Crippen molar-refractivity contribution in [1.82, 2.24) is 24.3 Å². The zero-order valence-corrected chi connectivity index (χ0v) is 26.1. The Labute approximate surface area is 271 Å². The van der Waals surface area contributed by atoms with Crippen LogP contribution < -0.4 is 15.2 Å². The molecule has 2 aliphatic rings. The van der Waals surface area contributed by atoms with Gasteiger partial charge in [-0.2, -0.15) is 10.1 Å². The lowest BCUT2D eigenvalue weighted by atomic mass is 9.71. The van der Waals surface area contributed by atoms with Gasteiger partial charge in [0.05, 0.1) is 64.8 Å². The van der Waals surface area contributed by atoms with E-state index in [1.54, 1.807) is 56.0 Å². The van der Waals surface area contributed by atoms with Crippen LogP contribution in [0, 0.1) is 13.8 Å². The number of aromatic nitrogens is 5. The number of fused-ring (bicyclic) bond motifs is 5. The van der Waals surface area contributed by atoms with E-state index in [2.05, 4.69) is 10.1 Å². The van der Waals surface area contributed by atoms with E-state index in [1.165, 1.54) is 29.9 Å². The van der Waals surface area contributed by atoms with Crippen LogP contribution in [-0.2, 0) is 12.0 Å². The third-order valence-corrected chi connectivity index (χ3v) is 9.16. The van der Waals surface area contributed by atoms with Gasteiger partial charge in [-0.3, -0.25) is 9.36 Å². The van der Waals surface area contributed by atoms with Crippen LogP contribution >= 0.6 is 0 Å². The van der Waals surface area contributed by atoms with Crippen molar-refractivity contribution in [2.75, 3.05) is 7.11 Å². The number of aromatic hydroxyl groups is 3. The van der Waals surface area contributed by atoms with Gasteiger partial charge in [0, 0.05) is 11.6 Å². The van der Waals surface area contributed by atoms with Gasteiger partial charge < -0.3 is 29.2 Å². The maximum atomic E-state index is 14.5. The van der Waals surface area contributed by atoms with Crippen LogP contribution in [0.15, 0.2) is 69.8 Å². The van der Waals surface area contributed by atoms with Crippen molar-refractivity contribution >= 4 is 22.9 Å². The third kappa shape index (κ3) is 3.87. The molecule has 0 amide bonds. The van der Waals surface area contributed by atoms with Crippen molar-refractivity contribution in [3.8, 4) is 45.8 Å². The molecule has 6 aromatic rings. The second kappa shape index (κ2) is 10.1. The Hall–Kier alpha value is -6.37. The number of ketones is 1. The Morgan fingerprint density at radius 2 is 1.73 bits per heavy atom. The summed E-state index contributed by atoms with van der Waals surface area (Å²) in [6.07, 6.45) is 3.19. The van der Waals surface area contributed by atoms with Crippen LogP contribution in [0.4, 0.5) is 0 Å². The number of rotatable bonds is 5. The minimum Gasteiger partial charge on any atom is -0.507 e. The van der Waals surface area contributed by atoms with E-state index in [0.29, 0.717) is 34.1 Å². The van der Waals surface area contributed by atoms with Gasteiger partial charge in [0.25, 0.3) is 0 Å². The van der Waals surface area contributed by atoms with E-state index < -0.39 is 17.0 Å². The summed E-state index contributed by atoms with van der Waals surface area (Å²) in [6.45, 7) is 4.91. The number of phenols is 2. The van der Waals surface area contributed by atoms with Crippen LogP contribution in [0.1, 0.15) is 45.6 Å². The molecule has 8 rings (SSSR count). The molecule has 0 saturated carbocycles. The standard InChI is InChI=1S/C35H27N5O8/c1-16-28(41)26(22-12-11-21-32(36-22)39(34(45)37-33(21)44)15-20-6-5-13-47-20)30-27(29(16)42)35(3)24(48-30)14-23-25(31(35)43)17(2)38-40(23)18-7-9-19(46-4)10-8-18/h5-14,41-42H,15H2,1-4H3,(H,37,44,45)/t35-/m0/s1. The van der Waals surface area contributed by atoms with Crippen molar-refractivity contribution in [2.24, 2.45) is 0 Å². The van der Waals surface area contributed by atoms with E-state index >= 15 is 0 Å². The molecule has 2 aromatic carbocycles. The zero-order valence-electron chi connectivity index (χ0n) is 26.1. The van der Waals surface area contributed by atoms with Gasteiger partial charge in [0.15, 0.2) is 11.4 Å². The second-order valence-corrected chi connectivity index (χ2v) is 11.9. The monoisotopic (exact) mass is 645 g/mol. The summed E-state index contributed by atoms with van der Waals surface area (Å²) in [5.41, 5.74) is 0.409. The Bertz CT molecular complexity index is 2440. The smallest absolute Gasteiger partial charge is 0.352 e. The van der Waals surface area contributed by atoms with Gasteiger partial charge in [0.1, 0.15) is 39.9 Å². The van der Waals surface area contributed by atoms with Gasteiger partial charge in [-0.1, -0.05) is 0 Å². The van der Waals surface area contributed by atoms with E-state index in [-0.39, 0.29) is 68.8 Å². The second-order valence-electron chi connectivity index (χ2n) is 11.9. The molecule has 1 atom stereocenters. The molecule has 48 heavy (non-hydrogen) atoms. The Morgan fingerprint density at radius 1 is 0.958 bits per heavy atom. The molecule has 240 valence electrons. The molecule has 0 unspecified atom stereocenters. The average Bonchev–Trinajstić information content (AvgIpc) is 3.79. The lowest BCUT2D eigenvalue weighted by Crippen LogP contribution is -2.36. The first kappa shape index (κ1) is 29.1. The number of ether oxygens (including phenoxy) is 2. The molecule has 13 nitrogen and oxygen atoms in total. The first-order chi connectivity index (χ1) is 23.0. The van der Waals surface area contributed by atoms with Crippen LogP contribution in [0.5, 0.6) is 28.9 Å². The molecule has 5 heterocycles. The van der Waals surface area contributed by atoms with Crippen LogP contribution in [-0.4, -0.2) is 52.5 Å². The predicted octanol–water partition coefficient (Wildman–Crippen LogP) is 4.92. The molecule has 0 bridgehead atoms. The molecule has 1 aliphatic heterocycles. The first-order valence-electron chi connectivity index (χ1n) is 14.9. The number of methoxy groups -OCH3 is 1. The van der Waals surface area contributed by atoms with Crippen molar-refractivity contribution < 1.29 is 34.0 Å². The minimum absolute atomic E-state index is 0.0243. The van der Waals surface area contributed by atoms with Crippen molar-refractivity contribution in [1.29, 1.82) is 0 Å². The van der Waals surface area contributed by atoms with Crippen LogP contribution in [0.3, 0.4) is 0 Å². The van der Waals surface area contributed by atoms with Crippen molar-refractivity contribution in [3.05, 3.63) is 105 Å². The Kier molecular flexibility index (Phi) is 6.09. The van der Waals surface area contributed by atoms with E-state index in [4.69, 9.17) is 18.9 Å². The number of hydrogen-bond donors (Lipinski definition) is 3. The predicted molar refractivity (Wildman–Crippen MR) is 172 cm³/mol. The van der Waals surface area contributed by atoms with Gasteiger partial charge in [-0.25, -0.2) is 14.5 Å². The molecule has 1 aliphatic carbocycles. The minimum atomic E-state index is -1.47. The highest BCUT2D eigenvalue weighted by atomic mass is 16.5. The third-order valence-electron chi connectivity index (χ3n) is 9.16. The number of nitrogens with zero attached hydrogens (tertiary/aromatic N) is 5. The van der Waals surface area contributed by atoms with E-state index in [0.717, 1.165) is 0 Å². The first-order valence-corrected chi connectivity index (χ1v) is 14.9. The maximum absolute atomic E-state index is 14.5. The van der Waals surface area contributed by atoms with Gasteiger partial charge in [0.2, 0.25) is 5.88 Å². The Morgan fingerprint density at radius 3 is 2.44 bits per heavy atom. The summed E-state index contributed by atoms with van der Waals surface area (Å²) in [4.78, 5) is 35.9. The molecule has 0 fully saturated rings. The van der Waals surface area contributed by atoms with Crippen LogP contribution in [0.2, 0.25) is 0 Å². The molecule has 0 saturated heterocycles. The lowest BCUT2D eigenvalue weighted by Gasteiger charge is -2.27. The number of carbonyl (C=O) groups is 1. The Balaban J connectivity index is 1.33. The summed E-state index contributed by atoms with van der Waals surface area (Å²) in [5.74, 6) is -0.0961. The van der Waals surface area contributed by atoms with E-state index in [9.17, 15) is 24.9 Å². The van der Waals surface area contributed by atoms with Crippen molar-refractivity contribution in [3.63, 3.8) is 0 Å². The SMILES string of the molecule is COc1ccc(-n2nc(C)c3c2C=C2Oc4c(-c5ccc6c(O)nc(=O)n(Cc7ccco7)c6n5)c(O)c(C)c(O)c4[C@@]2(C)C3=O)cc1. The number of hydrogen-bond acceptors (Lipinski definition) is 11. The van der Waals surface area contributed by atoms with Gasteiger partial charge in [-0.15, -0.1) is 0 Å². The summed E-state index contributed by atoms with van der Waals surface area (Å²) >= 11 is 0. The lowest BCUT2D eigenvalue weighted by molar-refractivity contribution is 0.0905. The topological polar surface area (TPSA) is 175 Å². The number of carbonyl (C=O) groups excluding carboxylic acids is 1. The van der Waals surface area contributed by atoms with Gasteiger partial charge >= 0.3 is 5.69 Å². The fourth-order valence-electron chi connectivity index (χ4n) is 6.59. The average molecular weight is 646 g/mol. The highest BCUT2D eigenvalue weighted by Crippen LogP contribution is 2.60. The summed E-state index contributed by atoms with van der Waals surface area (Å²) in [5, 5.41) is 38.4. The number of pyridine rings is 1. The van der Waals surface area contributed by atoms with E-state index in [1.807, 2.05) is 12.1 Å². The number of phenolic OH excluding ortho intramolecular Hbond substituents is 2. The number of benzene rings is 2. The normalized spacial score (nSPS) is 16.3. The molecule has 13 heteroatoms. The molecule has 4 aromatic heterocycles. The molecule has 3 N–H and O–H groups in total. The summed E-state index contributed by atoms with van der Waals surface area (Å²) < 4.78 is 20.0. The highest BCUT2D eigenvalue weighted by Gasteiger charge is 2.55. The molecule has 0 radical (unpaired) electrons. The number of allylic oxidation sites excluding steroid dienone is 1.